The number of hydrogen-bond donors (Lipinski definition) is 2. The number of anilines is 1. The van der Waals surface area contributed by atoms with Gasteiger partial charge in [0, 0.05) is 25.3 Å². The van der Waals surface area contributed by atoms with Gasteiger partial charge < -0.3 is 10.2 Å². The van der Waals surface area contributed by atoms with E-state index >= 15 is 0 Å². The summed E-state index contributed by atoms with van der Waals surface area (Å²) in [5.41, 5.74) is 4.39. The van der Waals surface area contributed by atoms with Gasteiger partial charge in [-0.2, -0.15) is 0 Å². The van der Waals surface area contributed by atoms with Gasteiger partial charge in [0.25, 0.3) is 0 Å². The summed E-state index contributed by atoms with van der Waals surface area (Å²) in [5.74, 6) is 0.421. The van der Waals surface area contributed by atoms with Crippen LogP contribution in [-0.4, -0.2) is 39.0 Å². The fraction of sp³-hybridized carbons (Fsp3) is 0.480. The van der Waals surface area contributed by atoms with Crippen molar-refractivity contribution >= 4 is 21.7 Å². The molecule has 0 atom stereocenters. The molecule has 2 N–H and O–H groups in total. The van der Waals surface area contributed by atoms with Gasteiger partial charge in [-0.3, -0.25) is 0 Å². The topological polar surface area (TPSA) is 78.5 Å². The van der Waals surface area contributed by atoms with Crippen LogP contribution in [0.25, 0.3) is 0 Å². The number of hydrogen-bond acceptors (Lipinski definition) is 3. The highest BCUT2D eigenvalue weighted by molar-refractivity contribution is 7.89. The lowest BCUT2D eigenvalue weighted by Crippen LogP contribution is -2.41. The third-order valence-corrected chi connectivity index (χ3v) is 8.10. The first-order chi connectivity index (χ1) is 15.4. The Morgan fingerprint density at radius 2 is 1.78 bits per heavy atom. The number of benzene rings is 2. The number of carbonyl (C=O) groups excluding carboxylic acids is 1. The maximum absolute atomic E-state index is 12.7. The number of nitrogens with one attached hydrogen (secondary N) is 2. The summed E-state index contributed by atoms with van der Waals surface area (Å²) in [6.45, 7) is 3.82. The van der Waals surface area contributed by atoms with E-state index in [-0.39, 0.29) is 6.03 Å². The minimum Gasteiger partial charge on any atom is -0.325 e. The molecule has 2 aromatic rings. The van der Waals surface area contributed by atoms with Gasteiger partial charge in [0.05, 0.1) is 4.90 Å². The Balaban J connectivity index is 1.22. The third-order valence-electron chi connectivity index (χ3n) is 6.65. The SMILES string of the molecule is Cc1cccc(NC(=O)N2CCC(CCNS(=O)(=O)c3ccc4c(c3)CCCC4)CC2)c1. The maximum atomic E-state index is 12.7. The lowest BCUT2D eigenvalue weighted by molar-refractivity contribution is 0.180. The molecule has 32 heavy (non-hydrogen) atoms. The van der Waals surface area contributed by atoms with Crippen molar-refractivity contribution in [2.24, 2.45) is 5.92 Å². The maximum Gasteiger partial charge on any atom is 0.321 e. The number of likely N-dealkylation sites (tertiary alicyclic amines) is 1. The van der Waals surface area contributed by atoms with E-state index in [4.69, 9.17) is 0 Å². The minimum absolute atomic E-state index is 0.0674. The minimum atomic E-state index is -3.48. The van der Waals surface area contributed by atoms with Crippen molar-refractivity contribution in [3.05, 3.63) is 59.2 Å². The molecule has 1 heterocycles. The Kier molecular flexibility index (Phi) is 7.16. The molecule has 0 aromatic heterocycles. The van der Waals surface area contributed by atoms with Gasteiger partial charge in [-0.15, -0.1) is 0 Å². The van der Waals surface area contributed by atoms with E-state index in [0.29, 0.717) is 30.4 Å². The number of amides is 2. The molecule has 172 valence electrons. The van der Waals surface area contributed by atoms with Crippen LogP contribution < -0.4 is 10.0 Å². The fourth-order valence-electron chi connectivity index (χ4n) is 4.71. The van der Waals surface area contributed by atoms with Crippen LogP contribution in [0.5, 0.6) is 0 Å². The van der Waals surface area contributed by atoms with Crippen LogP contribution in [0.2, 0.25) is 0 Å². The Bertz CT molecular complexity index is 1060. The highest BCUT2D eigenvalue weighted by atomic mass is 32.2. The summed E-state index contributed by atoms with van der Waals surface area (Å²) in [7, 11) is -3.48. The molecule has 1 fully saturated rings. The van der Waals surface area contributed by atoms with E-state index in [1.54, 1.807) is 6.07 Å². The predicted molar refractivity (Wildman–Crippen MR) is 127 cm³/mol. The van der Waals surface area contributed by atoms with Crippen molar-refractivity contribution in [3.63, 3.8) is 0 Å². The third kappa shape index (κ3) is 5.70. The van der Waals surface area contributed by atoms with Crippen molar-refractivity contribution in [2.75, 3.05) is 25.0 Å². The van der Waals surface area contributed by atoms with Gasteiger partial charge in [-0.05, 0) is 98.7 Å². The number of sulfonamides is 1. The monoisotopic (exact) mass is 455 g/mol. The van der Waals surface area contributed by atoms with Crippen molar-refractivity contribution in [1.82, 2.24) is 9.62 Å². The van der Waals surface area contributed by atoms with E-state index in [1.165, 1.54) is 17.5 Å². The van der Waals surface area contributed by atoms with Crippen molar-refractivity contribution < 1.29 is 13.2 Å². The summed E-state index contributed by atoms with van der Waals surface area (Å²) in [4.78, 5) is 14.7. The molecular weight excluding hydrogens is 422 g/mol. The zero-order chi connectivity index (χ0) is 22.6. The normalized spacial score (nSPS) is 17.1. The Labute approximate surface area is 191 Å². The van der Waals surface area contributed by atoms with Gasteiger partial charge in [0.1, 0.15) is 0 Å². The van der Waals surface area contributed by atoms with Gasteiger partial charge in [-0.25, -0.2) is 17.9 Å². The number of carbonyl (C=O) groups is 1. The molecule has 0 bridgehead atoms. The summed E-state index contributed by atoms with van der Waals surface area (Å²) < 4.78 is 28.2. The smallest absolute Gasteiger partial charge is 0.321 e. The summed E-state index contributed by atoms with van der Waals surface area (Å²) in [5, 5.41) is 2.97. The zero-order valence-electron chi connectivity index (χ0n) is 18.8. The molecule has 1 aliphatic heterocycles. The van der Waals surface area contributed by atoms with E-state index in [9.17, 15) is 13.2 Å². The Morgan fingerprint density at radius 3 is 2.53 bits per heavy atom. The molecule has 0 saturated carbocycles. The van der Waals surface area contributed by atoms with E-state index in [2.05, 4.69) is 10.0 Å². The first-order valence-electron chi connectivity index (χ1n) is 11.6. The van der Waals surface area contributed by atoms with Crippen LogP contribution in [0.3, 0.4) is 0 Å². The van der Waals surface area contributed by atoms with Gasteiger partial charge in [0.2, 0.25) is 10.0 Å². The molecule has 7 heteroatoms. The van der Waals surface area contributed by atoms with Crippen molar-refractivity contribution in [2.45, 2.75) is 56.8 Å². The highest BCUT2D eigenvalue weighted by Crippen LogP contribution is 2.25. The molecule has 1 saturated heterocycles. The molecule has 2 aliphatic rings. The average Bonchev–Trinajstić information content (AvgIpc) is 2.79. The van der Waals surface area contributed by atoms with Crippen LogP contribution in [-0.2, 0) is 22.9 Å². The molecule has 2 amide bonds. The Morgan fingerprint density at radius 1 is 1.03 bits per heavy atom. The first-order valence-corrected chi connectivity index (χ1v) is 13.1. The second-order valence-corrected chi connectivity index (χ2v) is 10.8. The van der Waals surface area contributed by atoms with Crippen LogP contribution in [0.15, 0.2) is 47.4 Å². The second kappa shape index (κ2) is 10.0. The van der Waals surface area contributed by atoms with E-state index < -0.39 is 10.0 Å². The number of piperidine rings is 1. The van der Waals surface area contributed by atoms with Gasteiger partial charge in [0.15, 0.2) is 0 Å². The van der Waals surface area contributed by atoms with Crippen LogP contribution >= 0.6 is 0 Å². The van der Waals surface area contributed by atoms with E-state index in [1.807, 2.05) is 48.2 Å². The van der Waals surface area contributed by atoms with E-state index in [0.717, 1.165) is 49.8 Å². The summed E-state index contributed by atoms with van der Waals surface area (Å²) in [6.07, 6.45) is 6.90. The molecule has 1 aliphatic carbocycles. The fourth-order valence-corrected chi connectivity index (χ4v) is 5.81. The standard InChI is InChI=1S/C25H33N3O3S/c1-19-5-4-8-23(17-19)27-25(29)28-15-12-20(13-16-28)11-14-26-32(30,31)24-10-9-21-6-2-3-7-22(21)18-24/h4-5,8-10,17-18,20,26H,2-3,6-7,11-16H2,1H3,(H,27,29). The highest BCUT2D eigenvalue weighted by Gasteiger charge is 2.24. The lowest BCUT2D eigenvalue weighted by Gasteiger charge is -2.32. The van der Waals surface area contributed by atoms with Crippen molar-refractivity contribution in [3.8, 4) is 0 Å². The number of aryl methyl sites for hydroxylation is 3. The second-order valence-electron chi connectivity index (χ2n) is 9.05. The molecule has 0 unspecified atom stereocenters. The van der Waals surface area contributed by atoms with Gasteiger partial charge in [-0.1, -0.05) is 18.2 Å². The molecule has 6 nitrogen and oxygen atoms in total. The number of urea groups is 1. The zero-order valence-corrected chi connectivity index (χ0v) is 19.6. The van der Waals surface area contributed by atoms with Crippen molar-refractivity contribution in [1.29, 1.82) is 0 Å². The summed E-state index contributed by atoms with van der Waals surface area (Å²) >= 11 is 0. The quantitative estimate of drug-likeness (QED) is 0.674. The Hall–Kier alpha value is -2.38. The molecule has 0 spiro atoms. The molecular formula is C25H33N3O3S. The van der Waals surface area contributed by atoms with Crippen LogP contribution in [0.4, 0.5) is 10.5 Å². The number of fused-ring (bicyclic) bond motifs is 1. The molecule has 4 rings (SSSR count). The molecule has 2 aromatic carbocycles. The number of rotatable bonds is 6. The molecule has 0 radical (unpaired) electrons. The lowest BCUT2D eigenvalue weighted by atomic mass is 9.92. The number of nitrogens with zero attached hydrogens (tertiary/aromatic N) is 1. The summed E-state index contributed by atoms with van der Waals surface area (Å²) in [6, 6.07) is 13.3. The average molecular weight is 456 g/mol. The largest absolute Gasteiger partial charge is 0.325 e. The van der Waals surface area contributed by atoms with Gasteiger partial charge >= 0.3 is 6.03 Å². The first kappa shape index (κ1) is 22.8. The van der Waals surface area contributed by atoms with Crippen LogP contribution in [0.1, 0.15) is 48.8 Å². The predicted octanol–water partition coefficient (Wildman–Crippen LogP) is 4.49. The van der Waals surface area contributed by atoms with Crippen LogP contribution in [0, 0.1) is 12.8 Å².